The van der Waals surface area contributed by atoms with Crippen LogP contribution in [0.2, 0.25) is 5.02 Å². The minimum absolute atomic E-state index is 0.200. The van der Waals surface area contributed by atoms with E-state index >= 15 is 0 Å². The lowest BCUT2D eigenvalue weighted by Gasteiger charge is -2.12. The molecule has 0 spiro atoms. The molecule has 0 bridgehead atoms. The summed E-state index contributed by atoms with van der Waals surface area (Å²) in [6.45, 7) is 1.48. The molecular formula is C17H19ClN4O3. The summed E-state index contributed by atoms with van der Waals surface area (Å²) >= 11 is 6.19. The van der Waals surface area contributed by atoms with Crippen LogP contribution in [0.4, 0.5) is 17.5 Å². The molecule has 8 heteroatoms. The van der Waals surface area contributed by atoms with Crippen molar-refractivity contribution < 1.29 is 14.3 Å². The molecule has 0 radical (unpaired) electrons. The van der Waals surface area contributed by atoms with E-state index in [0.29, 0.717) is 34.6 Å². The number of halogens is 1. The summed E-state index contributed by atoms with van der Waals surface area (Å²) in [5.41, 5.74) is 0.966. The number of ether oxygens (including phenoxy) is 2. The first-order chi connectivity index (χ1) is 12.2. The molecule has 1 aromatic heterocycles. The predicted octanol–water partition coefficient (Wildman–Crippen LogP) is 3.25. The van der Waals surface area contributed by atoms with Crippen LogP contribution in [-0.2, 0) is 9.47 Å². The lowest BCUT2D eigenvalue weighted by molar-refractivity contribution is 0.0601. The lowest BCUT2D eigenvalue weighted by Crippen LogP contribution is -2.19. The summed E-state index contributed by atoms with van der Waals surface area (Å²) < 4.78 is 10.3. The van der Waals surface area contributed by atoms with Crippen molar-refractivity contribution >= 4 is 35.0 Å². The van der Waals surface area contributed by atoms with Crippen molar-refractivity contribution in [2.24, 2.45) is 0 Å². The Labute approximate surface area is 150 Å². The van der Waals surface area contributed by atoms with E-state index in [1.165, 1.54) is 7.11 Å². The number of esters is 1. The first-order valence-electron chi connectivity index (χ1n) is 7.99. The van der Waals surface area contributed by atoms with Gasteiger partial charge in [0, 0.05) is 19.3 Å². The van der Waals surface area contributed by atoms with Gasteiger partial charge in [-0.2, -0.15) is 4.98 Å². The number of carbonyl (C=O) groups excluding carboxylic acids is 1. The second kappa shape index (κ2) is 8.13. The summed E-state index contributed by atoms with van der Waals surface area (Å²) in [6, 6.07) is 6.58. The first kappa shape index (κ1) is 17.4. The van der Waals surface area contributed by atoms with Crippen molar-refractivity contribution in [3.8, 4) is 0 Å². The van der Waals surface area contributed by atoms with Gasteiger partial charge in [-0.15, -0.1) is 0 Å². The zero-order valence-electron chi connectivity index (χ0n) is 13.8. The van der Waals surface area contributed by atoms with Gasteiger partial charge >= 0.3 is 5.97 Å². The Hall–Kier alpha value is -2.38. The highest BCUT2D eigenvalue weighted by Crippen LogP contribution is 2.26. The van der Waals surface area contributed by atoms with Gasteiger partial charge in [-0.1, -0.05) is 11.6 Å². The molecule has 1 aromatic carbocycles. The molecule has 7 nitrogen and oxygen atoms in total. The second-order valence-corrected chi connectivity index (χ2v) is 6.00. The van der Waals surface area contributed by atoms with Gasteiger partial charge in [0.15, 0.2) is 0 Å². The Morgan fingerprint density at radius 3 is 3.08 bits per heavy atom. The van der Waals surface area contributed by atoms with Crippen molar-refractivity contribution in [3.63, 3.8) is 0 Å². The van der Waals surface area contributed by atoms with Crippen LogP contribution < -0.4 is 10.6 Å². The van der Waals surface area contributed by atoms with Gasteiger partial charge in [0.2, 0.25) is 5.95 Å². The fraction of sp³-hybridized carbons (Fsp3) is 0.353. The van der Waals surface area contributed by atoms with Gasteiger partial charge in [-0.05, 0) is 37.1 Å². The Balaban J connectivity index is 1.70. The van der Waals surface area contributed by atoms with Crippen LogP contribution in [0.25, 0.3) is 0 Å². The number of carbonyl (C=O) groups is 1. The average Bonchev–Trinajstić information content (AvgIpc) is 3.15. The quantitative estimate of drug-likeness (QED) is 0.763. The molecule has 2 heterocycles. The minimum Gasteiger partial charge on any atom is -0.465 e. The maximum Gasteiger partial charge on any atom is 0.337 e. The van der Waals surface area contributed by atoms with E-state index in [1.54, 1.807) is 30.5 Å². The van der Waals surface area contributed by atoms with Gasteiger partial charge in [0.25, 0.3) is 0 Å². The van der Waals surface area contributed by atoms with Crippen LogP contribution in [0.1, 0.15) is 23.2 Å². The largest absolute Gasteiger partial charge is 0.465 e. The molecule has 2 N–H and O–H groups in total. The van der Waals surface area contributed by atoms with E-state index in [9.17, 15) is 4.79 Å². The van der Waals surface area contributed by atoms with Crippen LogP contribution in [0.3, 0.4) is 0 Å². The Kier molecular flexibility index (Phi) is 5.67. The molecule has 0 amide bonds. The molecule has 1 saturated heterocycles. The third-order valence-corrected chi connectivity index (χ3v) is 4.15. The number of methoxy groups -OCH3 is 1. The van der Waals surface area contributed by atoms with E-state index in [4.69, 9.17) is 21.1 Å². The monoisotopic (exact) mass is 362 g/mol. The number of nitrogens with zero attached hydrogens (tertiary/aromatic N) is 2. The molecule has 0 saturated carbocycles. The molecule has 0 aliphatic carbocycles. The van der Waals surface area contributed by atoms with Crippen LogP contribution in [0, 0.1) is 0 Å². The number of anilines is 3. The number of hydrogen-bond acceptors (Lipinski definition) is 7. The molecule has 3 rings (SSSR count). The van der Waals surface area contributed by atoms with Gasteiger partial charge < -0.3 is 20.1 Å². The third-order valence-electron chi connectivity index (χ3n) is 3.82. The van der Waals surface area contributed by atoms with Gasteiger partial charge in [-0.25, -0.2) is 9.78 Å². The molecular weight excluding hydrogens is 344 g/mol. The minimum atomic E-state index is -0.429. The molecule has 25 heavy (non-hydrogen) atoms. The van der Waals surface area contributed by atoms with E-state index in [1.807, 2.05) is 0 Å². The number of aromatic nitrogens is 2. The van der Waals surface area contributed by atoms with E-state index < -0.39 is 5.97 Å². The fourth-order valence-electron chi connectivity index (χ4n) is 2.53. The molecule has 2 aromatic rings. The Morgan fingerprint density at radius 2 is 2.32 bits per heavy atom. The highest BCUT2D eigenvalue weighted by atomic mass is 35.5. The van der Waals surface area contributed by atoms with Crippen LogP contribution >= 0.6 is 11.6 Å². The van der Waals surface area contributed by atoms with E-state index in [-0.39, 0.29) is 6.10 Å². The number of rotatable bonds is 6. The Morgan fingerprint density at radius 1 is 1.44 bits per heavy atom. The smallest absolute Gasteiger partial charge is 0.337 e. The summed E-state index contributed by atoms with van der Waals surface area (Å²) in [5.74, 6) is 0.635. The van der Waals surface area contributed by atoms with E-state index in [2.05, 4.69) is 20.6 Å². The Bertz CT molecular complexity index is 750. The second-order valence-electron chi connectivity index (χ2n) is 5.59. The first-order valence-corrected chi connectivity index (χ1v) is 8.37. The average molecular weight is 363 g/mol. The van der Waals surface area contributed by atoms with Crippen molar-refractivity contribution in [2.75, 3.05) is 30.9 Å². The zero-order valence-corrected chi connectivity index (χ0v) is 14.5. The number of hydrogen-bond donors (Lipinski definition) is 2. The summed E-state index contributed by atoms with van der Waals surface area (Å²) in [5, 5.41) is 6.74. The standard InChI is InChI=1S/C17H19ClN4O3/c1-24-16(23)11-4-5-13(18)14(9-11)21-15-6-7-19-17(22-15)20-10-12-3-2-8-25-12/h4-7,9,12H,2-3,8,10H2,1H3,(H2,19,20,21,22). The maximum atomic E-state index is 11.7. The molecule has 1 fully saturated rings. The van der Waals surface area contributed by atoms with Gasteiger partial charge in [0.1, 0.15) is 5.82 Å². The topological polar surface area (TPSA) is 85.4 Å². The van der Waals surface area contributed by atoms with Crippen LogP contribution in [0.5, 0.6) is 0 Å². The molecule has 132 valence electrons. The summed E-state index contributed by atoms with van der Waals surface area (Å²) in [6.07, 6.45) is 3.97. The summed E-state index contributed by atoms with van der Waals surface area (Å²) in [4.78, 5) is 20.3. The van der Waals surface area contributed by atoms with Gasteiger partial charge in [-0.3, -0.25) is 0 Å². The van der Waals surface area contributed by atoms with E-state index in [0.717, 1.165) is 19.4 Å². The van der Waals surface area contributed by atoms with Crippen molar-refractivity contribution in [3.05, 3.63) is 41.0 Å². The lowest BCUT2D eigenvalue weighted by atomic mass is 10.2. The van der Waals surface area contributed by atoms with Crippen molar-refractivity contribution in [1.82, 2.24) is 9.97 Å². The predicted molar refractivity (Wildman–Crippen MR) is 95.6 cm³/mol. The number of nitrogens with one attached hydrogen (secondary N) is 2. The van der Waals surface area contributed by atoms with Crippen LogP contribution in [-0.4, -0.2) is 42.3 Å². The van der Waals surface area contributed by atoms with Crippen molar-refractivity contribution in [1.29, 1.82) is 0 Å². The van der Waals surface area contributed by atoms with Crippen LogP contribution in [0.15, 0.2) is 30.5 Å². The third kappa shape index (κ3) is 4.58. The highest BCUT2D eigenvalue weighted by molar-refractivity contribution is 6.33. The summed E-state index contributed by atoms with van der Waals surface area (Å²) in [7, 11) is 1.33. The normalized spacial score (nSPS) is 16.5. The molecule has 1 aliphatic heterocycles. The molecule has 1 unspecified atom stereocenters. The highest BCUT2D eigenvalue weighted by Gasteiger charge is 2.15. The SMILES string of the molecule is COC(=O)c1ccc(Cl)c(Nc2ccnc(NCC3CCCO3)n2)c1. The molecule has 1 atom stereocenters. The fourth-order valence-corrected chi connectivity index (χ4v) is 2.69. The van der Waals surface area contributed by atoms with Crippen molar-refractivity contribution in [2.45, 2.75) is 18.9 Å². The number of benzene rings is 1. The maximum absolute atomic E-state index is 11.7. The zero-order chi connectivity index (χ0) is 17.6. The molecule has 1 aliphatic rings. The van der Waals surface area contributed by atoms with Gasteiger partial charge in [0.05, 0.1) is 29.5 Å².